The summed E-state index contributed by atoms with van der Waals surface area (Å²) in [5.41, 5.74) is 2.04. The summed E-state index contributed by atoms with van der Waals surface area (Å²) in [5.74, 6) is 1.45. The number of furan rings is 1. The second kappa shape index (κ2) is 8.80. The van der Waals surface area contributed by atoms with Crippen LogP contribution in [0.5, 0.6) is 0 Å². The minimum atomic E-state index is -0.176. The largest absolute Gasteiger partial charge is 0.461 e. The van der Waals surface area contributed by atoms with E-state index in [2.05, 4.69) is 25.7 Å². The van der Waals surface area contributed by atoms with Crippen LogP contribution in [0.15, 0.2) is 52.2 Å². The highest BCUT2D eigenvalue weighted by Gasteiger charge is 2.19. The molecule has 3 aromatic heterocycles. The van der Waals surface area contributed by atoms with Gasteiger partial charge in [0.25, 0.3) is 0 Å². The Morgan fingerprint density at radius 2 is 1.97 bits per heavy atom. The van der Waals surface area contributed by atoms with E-state index in [0.717, 1.165) is 16.3 Å². The van der Waals surface area contributed by atoms with E-state index in [1.807, 2.05) is 55.7 Å². The second-order valence-corrected chi connectivity index (χ2v) is 8.84. The summed E-state index contributed by atoms with van der Waals surface area (Å²) < 4.78 is 7.41. The van der Waals surface area contributed by atoms with Crippen LogP contribution in [0.3, 0.4) is 0 Å². The van der Waals surface area contributed by atoms with Gasteiger partial charge in [0.15, 0.2) is 10.9 Å². The van der Waals surface area contributed by atoms with Gasteiger partial charge in [0.1, 0.15) is 5.01 Å². The Labute approximate surface area is 181 Å². The highest BCUT2D eigenvalue weighted by atomic mass is 32.2. The molecule has 3 heterocycles. The molecular formula is C20H20N6O2S2. The van der Waals surface area contributed by atoms with Crippen molar-refractivity contribution in [3.8, 4) is 17.3 Å². The Morgan fingerprint density at radius 1 is 1.17 bits per heavy atom. The number of carbonyl (C=O) groups excluding carboxylic acids is 1. The van der Waals surface area contributed by atoms with Crippen molar-refractivity contribution in [2.45, 2.75) is 31.8 Å². The molecule has 0 saturated carbocycles. The topological polar surface area (TPSA) is 98.7 Å². The van der Waals surface area contributed by atoms with E-state index < -0.39 is 0 Å². The predicted molar refractivity (Wildman–Crippen MR) is 117 cm³/mol. The number of nitrogens with one attached hydrogen (secondary N) is 1. The summed E-state index contributed by atoms with van der Waals surface area (Å²) in [4.78, 5) is 12.4. The Hall–Kier alpha value is -2.98. The summed E-state index contributed by atoms with van der Waals surface area (Å²) in [7, 11) is 0. The fraction of sp³-hybridized carbons (Fsp3) is 0.250. The van der Waals surface area contributed by atoms with Gasteiger partial charge in [-0.05, 0) is 31.2 Å². The standard InChI is InChI=1S/C20H20N6O2S2/c1-12(2)18-23-24-19(30-18)21-16(27)11-29-20-25-22-17(15-5-4-10-28-15)26(20)14-8-6-13(3)7-9-14/h4-10,12H,11H2,1-3H3,(H,21,24,27). The van der Waals surface area contributed by atoms with Crippen molar-refractivity contribution in [2.75, 3.05) is 11.1 Å². The number of aromatic nitrogens is 5. The van der Waals surface area contributed by atoms with Crippen LogP contribution in [0.4, 0.5) is 5.13 Å². The molecule has 4 aromatic rings. The van der Waals surface area contributed by atoms with E-state index in [1.165, 1.54) is 23.1 Å². The molecule has 0 saturated heterocycles. The van der Waals surface area contributed by atoms with Crippen LogP contribution in [-0.2, 0) is 4.79 Å². The molecule has 0 radical (unpaired) electrons. The maximum atomic E-state index is 12.4. The van der Waals surface area contributed by atoms with Crippen LogP contribution in [-0.4, -0.2) is 36.6 Å². The van der Waals surface area contributed by atoms with Gasteiger partial charge < -0.3 is 4.42 Å². The first-order valence-corrected chi connectivity index (χ1v) is 11.1. The van der Waals surface area contributed by atoms with Gasteiger partial charge in [-0.2, -0.15) is 0 Å². The SMILES string of the molecule is Cc1ccc(-n2c(SCC(=O)Nc3nnc(C(C)C)s3)nnc2-c2ccco2)cc1. The number of benzene rings is 1. The van der Waals surface area contributed by atoms with E-state index in [1.54, 1.807) is 12.3 Å². The highest BCUT2D eigenvalue weighted by molar-refractivity contribution is 7.99. The normalized spacial score (nSPS) is 11.2. The van der Waals surface area contributed by atoms with Gasteiger partial charge in [-0.15, -0.1) is 20.4 Å². The first-order valence-electron chi connectivity index (χ1n) is 9.33. The maximum Gasteiger partial charge on any atom is 0.236 e. The second-order valence-electron chi connectivity index (χ2n) is 6.89. The molecule has 0 unspecified atom stereocenters. The molecule has 0 bridgehead atoms. The quantitative estimate of drug-likeness (QED) is 0.421. The number of amides is 1. The number of anilines is 1. The fourth-order valence-corrected chi connectivity index (χ4v) is 4.17. The molecule has 10 heteroatoms. The molecule has 0 aliphatic carbocycles. The van der Waals surface area contributed by atoms with Crippen LogP contribution < -0.4 is 5.32 Å². The van der Waals surface area contributed by atoms with E-state index in [-0.39, 0.29) is 17.6 Å². The average Bonchev–Trinajstić information content (AvgIpc) is 3.47. The molecule has 8 nitrogen and oxygen atoms in total. The zero-order valence-corrected chi connectivity index (χ0v) is 18.3. The number of hydrogen-bond acceptors (Lipinski definition) is 8. The zero-order chi connectivity index (χ0) is 21.1. The van der Waals surface area contributed by atoms with Crippen molar-refractivity contribution in [1.29, 1.82) is 0 Å². The number of thioether (sulfide) groups is 1. The number of hydrogen-bond donors (Lipinski definition) is 1. The van der Waals surface area contributed by atoms with Gasteiger partial charge in [0.05, 0.1) is 12.0 Å². The minimum Gasteiger partial charge on any atom is -0.461 e. The van der Waals surface area contributed by atoms with Crippen LogP contribution >= 0.6 is 23.1 Å². The molecule has 0 fully saturated rings. The van der Waals surface area contributed by atoms with Crippen LogP contribution in [0, 0.1) is 6.92 Å². The summed E-state index contributed by atoms with van der Waals surface area (Å²) in [6, 6.07) is 11.6. The molecular weight excluding hydrogens is 420 g/mol. The lowest BCUT2D eigenvalue weighted by molar-refractivity contribution is -0.113. The monoisotopic (exact) mass is 440 g/mol. The molecule has 0 spiro atoms. The zero-order valence-electron chi connectivity index (χ0n) is 16.7. The minimum absolute atomic E-state index is 0.165. The fourth-order valence-electron chi connectivity index (χ4n) is 2.66. The highest BCUT2D eigenvalue weighted by Crippen LogP contribution is 2.29. The molecule has 30 heavy (non-hydrogen) atoms. The smallest absolute Gasteiger partial charge is 0.236 e. The molecule has 4 rings (SSSR count). The van der Waals surface area contributed by atoms with E-state index >= 15 is 0 Å². The Bertz CT molecular complexity index is 1130. The third-order valence-corrected chi connectivity index (χ3v) is 6.25. The van der Waals surface area contributed by atoms with Crippen LogP contribution in [0.1, 0.15) is 30.3 Å². The molecule has 0 atom stereocenters. The van der Waals surface area contributed by atoms with Crippen molar-refractivity contribution < 1.29 is 9.21 Å². The van der Waals surface area contributed by atoms with Crippen molar-refractivity contribution in [3.63, 3.8) is 0 Å². The number of aryl methyl sites for hydroxylation is 1. The van der Waals surface area contributed by atoms with E-state index in [4.69, 9.17) is 4.42 Å². The number of rotatable bonds is 7. The van der Waals surface area contributed by atoms with Gasteiger partial charge in [0.2, 0.25) is 16.9 Å². The predicted octanol–water partition coefficient (Wildman–Crippen LogP) is 4.54. The summed E-state index contributed by atoms with van der Waals surface area (Å²) in [6.45, 7) is 6.11. The first-order chi connectivity index (χ1) is 14.5. The van der Waals surface area contributed by atoms with Crippen molar-refractivity contribution in [1.82, 2.24) is 25.0 Å². The van der Waals surface area contributed by atoms with Gasteiger partial charge in [-0.3, -0.25) is 14.7 Å². The van der Waals surface area contributed by atoms with Gasteiger partial charge in [-0.1, -0.05) is 54.6 Å². The third-order valence-electron chi connectivity index (χ3n) is 4.18. The summed E-state index contributed by atoms with van der Waals surface area (Å²) in [6.07, 6.45) is 1.59. The lowest BCUT2D eigenvalue weighted by Crippen LogP contribution is -2.14. The number of carbonyl (C=O) groups is 1. The lowest BCUT2D eigenvalue weighted by atomic mass is 10.2. The summed E-state index contributed by atoms with van der Waals surface area (Å²) in [5, 5.41) is 21.5. The van der Waals surface area contributed by atoms with Gasteiger partial charge in [0, 0.05) is 11.6 Å². The number of nitrogens with zero attached hydrogens (tertiary/aromatic N) is 5. The van der Waals surface area contributed by atoms with Gasteiger partial charge in [-0.25, -0.2) is 0 Å². The van der Waals surface area contributed by atoms with E-state index in [9.17, 15) is 4.79 Å². The molecule has 0 aliphatic heterocycles. The molecule has 1 amide bonds. The molecule has 1 N–H and O–H groups in total. The van der Waals surface area contributed by atoms with E-state index in [0.29, 0.717) is 21.9 Å². The summed E-state index contributed by atoms with van der Waals surface area (Å²) >= 11 is 2.68. The van der Waals surface area contributed by atoms with Crippen LogP contribution in [0.2, 0.25) is 0 Å². The third kappa shape index (κ3) is 4.44. The van der Waals surface area contributed by atoms with Crippen molar-refractivity contribution in [2.24, 2.45) is 0 Å². The van der Waals surface area contributed by atoms with Crippen molar-refractivity contribution >= 4 is 34.1 Å². The molecule has 0 aliphatic rings. The van der Waals surface area contributed by atoms with Crippen LogP contribution in [0.25, 0.3) is 17.3 Å². The Morgan fingerprint density at radius 3 is 2.63 bits per heavy atom. The molecule has 1 aromatic carbocycles. The molecule has 154 valence electrons. The Kier molecular flexibility index (Phi) is 5.96. The average molecular weight is 441 g/mol. The van der Waals surface area contributed by atoms with Crippen molar-refractivity contribution in [3.05, 3.63) is 53.2 Å². The lowest BCUT2D eigenvalue weighted by Gasteiger charge is -2.09. The maximum absolute atomic E-state index is 12.4. The first kappa shape index (κ1) is 20.3. The van der Waals surface area contributed by atoms with Gasteiger partial charge >= 0.3 is 0 Å². The Balaban J connectivity index is 1.53.